The Morgan fingerprint density at radius 3 is 2.28 bits per heavy atom. The number of hydrogen-bond donors (Lipinski definition) is 2. The van der Waals surface area contributed by atoms with E-state index in [4.69, 9.17) is 4.74 Å². The van der Waals surface area contributed by atoms with Crippen molar-refractivity contribution in [3.63, 3.8) is 0 Å². The van der Waals surface area contributed by atoms with Crippen molar-refractivity contribution >= 4 is 15.9 Å². The summed E-state index contributed by atoms with van der Waals surface area (Å²) in [7, 11) is -4.47. The van der Waals surface area contributed by atoms with Gasteiger partial charge in [-0.05, 0) is 73.7 Å². The van der Waals surface area contributed by atoms with Crippen LogP contribution in [0, 0.1) is 11.6 Å². The smallest absolute Gasteiger partial charge is 0.267 e. The Balaban J connectivity index is 1.27. The summed E-state index contributed by atoms with van der Waals surface area (Å²) in [5.41, 5.74) is 2.46. The summed E-state index contributed by atoms with van der Waals surface area (Å²) in [6, 6.07) is 20.3. The largest absolute Gasteiger partial charge is 0.494 e. The first-order chi connectivity index (χ1) is 17.3. The van der Waals surface area contributed by atoms with E-state index in [0.717, 1.165) is 43.1 Å². The van der Waals surface area contributed by atoms with E-state index in [1.165, 1.54) is 5.56 Å². The van der Waals surface area contributed by atoms with Crippen LogP contribution in [0.2, 0.25) is 0 Å². The predicted molar refractivity (Wildman–Crippen MR) is 134 cm³/mol. The second-order valence-corrected chi connectivity index (χ2v) is 9.94. The molecule has 0 saturated heterocycles. The van der Waals surface area contributed by atoms with Crippen molar-refractivity contribution in [1.82, 2.24) is 10.0 Å². The number of amides is 1. The summed E-state index contributed by atoms with van der Waals surface area (Å²) < 4.78 is 58.7. The van der Waals surface area contributed by atoms with Crippen LogP contribution in [0.3, 0.4) is 0 Å². The normalized spacial score (nSPS) is 11.3. The molecule has 0 aliphatic heterocycles. The van der Waals surface area contributed by atoms with Gasteiger partial charge in [0.1, 0.15) is 22.3 Å². The van der Waals surface area contributed by atoms with Gasteiger partial charge in [0.15, 0.2) is 0 Å². The summed E-state index contributed by atoms with van der Waals surface area (Å²) in [6.45, 7) is 1.54. The van der Waals surface area contributed by atoms with Gasteiger partial charge in [-0.25, -0.2) is 21.9 Å². The van der Waals surface area contributed by atoms with E-state index >= 15 is 0 Å². The van der Waals surface area contributed by atoms with Crippen LogP contribution in [-0.2, 0) is 27.7 Å². The average Bonchev–Trinajstić information content (AvgIpc) is 2.86. The number of hydrogen-bond acceptors (Lipinski definition) is 5. The van der Waals surface area contributed by atoms with Crippen LogP contribution in [0.5, 0.6) is 5.75 Å². The number of carbonyl (C=O) groups is 1. The molecule has 0 radical (unpaired) electrons. The quantitative estimate of drug-likeness (QED) is 0.311. The van der Waals surface area contributed by atoms with Crippen LogP contribution in [-0.4, -0.2) is 34.0 Å². The first-order valence-electron chi connectivity index (χ1n) is 11.8. The van der Waals surface area contributed by atoms with Gasteiger partial charge in [-0.15, -0.1) is 0 Å². The average molecular weight is 517 g/mol. The van der Waals surface area contributed by atoms with Crippen molar-refractivity contribution in [2.75, 3.05) is 19.7 Å². The van der Waals surface area contributed by atoms with Crippen LogP contribution in [0.4, 0.5) is 8.78 Å². The number of nitrogens with one attached hydrogen (secondary N) is 2. The van der Waals surface area contributed by atoms with Gasteiger partial charge < -0.3 is 10.1 Å². The Morgan fingerprint density at radius 2 is 1.53 bits per heavy atom. The molecule has 3 aromatic carbocycles. The molecule has 3 rings (SSSR count). The van der Waals surface area contributed by atoms with Crippen molar-refractivity contribution in [3.05, 3.63) is 95.6 Å². The molecular formula is C27H30F2N2O4S. The third-order valence-electron chi connectivity index (χ3n) is 5.42. The fourth-order valence-corrected chi connectivity index (χ4v) is 4.65. The zero-order valence-corrected chi connectivity index (χ0v) is 20.7. The van der Waals surface area contributed by atoms with E-state index in [1.54, 1.807) is 4.72 Å². The van der Waals surface area contributed by atoms with Gasteiger partial charge >= 0.3 is 0 Å². The van der Waals surface area contributed by atoms with E-state index in [2.05, 4.69) is 17.4 Å². The minimum absolute atomic E-state index is 0.119. The molecule has 0 aromatic heterocycles. The van der Waals surface area contributed by atoms with Gasteiger partial charge in [0.25, 0.3) is 10.0 Å². The van der Waals surface area contributed by atoms with Crippen molar-refractivity contribution in [3.8, 4) is 5.75 Å². The monoisotopic (exact) mass is 516 g/mol. The maximum Gasteiger partial charge on any atom is 0.267 e. The number of rotatable bonds is 14. The van der Waals surface area contributed by atoms with Crippen molar-refractivity contribution < 1.29 is 26.7 Å². The SMILES string of the molecule is O=C(CCNCCCc1ccc(OCCCc2ccccc2)cc1)NS(=O)(=O)c1cc(F)ccc1F. The van der Waals surface area contributed by atoms with Crippen LogP contribution < -0.4 is 14.8 Å². The van der Waals surface area contributed by atoms with E-state index in [-0.39, 0.29) is 13.0 Å². The third kappa shape index (κ3) is 9.05. The molecule has 36 heavy (non-hydrogen) atoms. The zero-order chi connectivity index (χ0) is 25.8. The Kier molecular flexibility index (Phi) is 10.4. The lowest BCUT2D eigenvalue weighted by Gasteiger charge is -2.09. The number of carbonyl (C=O) groups excluding carboxylic acids is 1. The molecule has 0 bridgehead atoms. The lowest BCUT2D eigenvalue weighted by atomic mass is 10.1. The Labute approximate surface area is 210 Å². The van der Waals surface area contributed by atoms with E-state index in [0.29, 0.717) is 25.3 Å². The summed E-state index contributed by atoms with van der Waals surface area (Å²) in [5.74, 6) is -2.00. The number of halogens is 2. The Hall–Kier alpha value is -3.30. The number of ether oxygens (including phenoxy) is 1. The lowest BCUT2D eigenvalue weighted by molar-refractivity contribution is -0.119. The molecule has 192 valence electrons. The zero-order valence-electron chi connectivity index (χ0n) is 19.9. The molecule has 0 atom stereocenters. The number of benzene rings is 3. The van der Waals surface area contributed by atoms with Crippen molar-refractivity contribution in [1.29, 1.82) is 0 Å². The molecule has 9 heteroatoms. The molecule has 0 unspecified atom stereocenters. The second kappa shape index (κ2) is 13.7. The highest BCUT2D eigenvalue weighted by atomic mass is 32.2. The molecule has 0 aliphatic carbocycles. The number of sulfonamides is 1. The lowest BCUT2D eigenvalue weighted by Crippen LogP contribution is -2.33. The van der Waals surface area contributed by atoms with Crippen molar-refractivity contribution in [2.45, 2.75) is 37.0 Å². The topological polar surface area (TPSA) is 84.5 Å². The second-order valence-electron chi connectivity index (χ2n) is 8.29. The molecule has 0 aliphatic rings. The standard InChI is InChI=1S/C27H30F2N2O4S/c28-23-12-15-25(29)26(20-23)36(33,34)31-27(32)16-18-30-17-4-8-22-10-13-24(14-11-22)35-19-5-9-21-6-2-1-3-7-21/h1-3,6-7,10-15,20,30H,4-5,8-9,16-19H2,(H,31,32). The molecule has 0 spiro atoms. The molecule has 6 nitrogen and oxygen atoms in total. The van der Waals surface area contributed by atoms with Gasteiger partial charge in [-0.1, -0.05) is 42.5 Å². The molecular weight excluding hydrogens is 486 g/mol. The van der Waals surface area contributed by atoms with Crippen molar-refractivity contribution in [2.24, 2.45) is 0 Å². The summed E-state index contributed by atoms with van der Waals surface area (Å²) in [6.07, 6.45) is 3.47. The van der Waals surface area contributed by atoms with Gasteiger partial charge in [0.05, 0.1) is 6.61 Å². The Morgan fingerprint density at radius 1 is 0.833 bits per heavy atom. The van der Waals surface area contributed by atoms with Crippen LogP contribution in [0.15, 0.2) is 77.7 Å². The third-order valence-corrected chi connectivity index (χ3v) is 6.81. The fraction of sp³-hybridized carbons (Fsp3) is 0.296. The minimum Gasteiger partial charge on any atom is -0.494 e. The first kappa shape index (κ1) is 27.3. The highest BCUT2D eigenvalue weighted by molar-refractivity contribution is 7.90. The Bertz CT molecular complexity index is 1220. The molecule has 0 saturated carbocycles. The van der Waals surface area contributed by atoms with Crippen LogP contribution in [0.1, 0.15) is 30.4 Å². The number of aryl methyl sites for hydroxylation is 2. The molecule has 0 heterocycles. The van der Waals surface area contributed by atoms with E-state index in [9.17, 15) is 22.0 Å². The van der Waals surface area contributed by atoms with Gasteiger partial charge in [-0.2, -0.15) is 0 Å². The van der Waals surface area contributed by atoms with Gasteiger partial charge in [-0.3, -0.25) is 4.79 Å². The van der Waals surface area contributed by atoms with Gasteiger partial charge in [0.2, 0.25) is 5.91 Å². The minimum atomic E-state index is -4.47. The van der Waals surface area contributed by atoms with Crippen LogP contribution >= 0.6 is 0 Å². The maximum atomic E-state index is 13.7. The highest BCUT2D eigenvalue weighted by Crippen LogP contribution is 2.16. The summed E-state index contributed by atoms with van der Waals surface area (Å²) in [5, 5.41) is 3.08. The predicted octanol–water partition coefficient (Wildman–Crippen LogP) is 4.39. The molecule has 0 fully saturated rings. The summed E-state index contributed by atoms with van der Waals surface area (Å²) >= 11 is 0. The highest BCUT2D eigenvalue weighted by Gasteiger charge is 2.22. The maximum absolute atomic E-state index is 13.7. The van der Waals surface area contributed by atoms with Gasteiger partial charge in [0, 0.05) is 13.0 Å². The van der Waals surface area contributed by atoms with Crippen LogP contribution in [0.25, 0.3) is 0 Å². The fourth-order valence-electron chi connectivity index (χ4n) is 3.55. The molecule has 2 N–H and O–H groups in total. The molecule has 3 aromatic rings. The molecule has 1 amide bonds. The van der Waals surface area contributed by atoms with E-state index < -0.39 is 32.5 Å². The first-order valence-corrected chi connectivity index (χ1v) is 13.3. The summed E-state index contributed by atoms with van der Waals surface area (Å²) in [4.78, 5) is 11.0. The van der Waals surface area contributed by atoms with E-state index in [1.807, 2.05) is 42.5 Å².